The largest absolute Gasteiger partial charge is 0.478 e. The number of pyridine rings is 1. The molecule has 3 aromatic rings. The Morgan fingerprint density at radius 1 is 1.15 bits per heavy atom. The number of aromatic carboxylic acids is 1. The first-order chi connectivity index (χ1) is 13.0. The van der Waals surface area contributed by atoms with Gasteiger partial charge in [0.2, 0.25) is 0 Å². The summed E-state index contributed by atoms with van der Waals surface area (Å²) in [6.07, 6.45) is 0.915. The average Bonchev–Trinajstić information content (AvgIpc) is 3.28. The number of hydrogen-bond donors (Lipinski definition) is 1. The standard InChI is InChI=1S/C21H22N4O2/c1-14-12-15(2)25(23-14)17-10-11-24(13-17)20-18(21(26)27)8-9-19(22-20)16-6-4-3-5-7-16/h3-9,12,17H,10-11,13H2,1-2H3,(H,26,27)/t17-/m1/s1. The van der Waals surface area contributed by atoms with Crippen LogP contribution in [0.4, 0.5) is 5.82 Å². The second-order valence-electron chi connectivity index (χ2n) is 7.00. The first kappa shape index (κ1) is 17.3. The minimum Gasteiger partial charge on any atom is -0.478 e. The quantitative estimate of drug-likeness (QED) is 0.766. The maximum Gasteiger partial charge on any atom is 0.339 e. The third-order valence-corrected chi connectivity index (χ3v) is 5.03. The van der Waals surface area contributed by atoms with Gasteiger partial charge in [0.25, 0.3) is 0 Å². The first-order valence-electron chi connectivity index (χ1n) is 9.10. The molecule has 0 aliphatic carbocycles. The number of anilines is 1. The molecule has 4 rings (SSSR count). The zero-order valence-corrected chi connectivity index (χ0v) is 15.5. The van der Waals surface area contributed by atoms with Crippen LogP contribution in [-0.2, 0) is 0 Å². The third-order valence-electron chi connectivity index (χ3n) is 5.03. The zero-order valence-electron chi connectivity index (χ0n) is 15.5. The highest BCUT2D eigenvalue weighted by atomic mass is 16.4. The highest BCUT2D eigenvalue weighted by Crippen LogP contribution is 2.31. The molecule has 2 aromatic heterocycles. The second kappa shape index (κ2) is 6.87. The molecule has 0 spiro atoms. The van der Waals surface area contributed by atoms with Gasteiger partial charge in [0.1, 0.15) is 11.4 Å². The summed E-state index contributed by atoms with van der Waals surface area (Å²) in [6, 6.07) is 15.6. The maximum absolute atomic E-state index is 11.8. The molecule has 0 saturated carbocycles. The molecular weight excluding hydrogens is 340 g/mol. The summed E-state index contributed by atoms with van der Waals surface area (Å²) in [5.41, 5.74) is 4.13. The lowest BCUT2D eigenvalue weighted by Gasteiger charge is -2.21. The Morgan fingerprint density at radius 3 is 2.59 bits per heavy atom. The van der Waals surface area contributed by atoms with E-state index in [1.807, 2.05) is 37.3 Å². The molecule has 1 aliphatic rings. The van der Waals surface area contributed by atoms with Crippen LogP contribution in [0, 0.1) is 13.8 Å². The normalized spacial score (nSPS) is 16.7. The number of aromatic nitrogens is 3. The van der Waals surface area contributed by atoms with Crippen LogP contribution in [0.1, 0.15) is 34.2 Å². The van der Waals surface area contributed by atoms with Crippen LogP contribution in [0.5, 0.6) is 0 Å². The molecule has 0 amide bonds. The summed E-state index contributed by atoms with van der Waals surface area (Å²) in [5, 5.41) is 14.2. The number of carboxylic acids is 1. The topological polar surface area (TPSA) is 71.2 Å². The summed E-state index contributed by atoms with van der Waals surface area (Å²) in [6.45, 7) is 5.51. The molecule has 1 aromatic carbocycles. The second-order valence-corrected chi connectivity index (χ2v) is 7.00. The van der Waals surface area contributed by atoms with Gasteiger partial charge in [0, 0.05) is 24.3 Å². The Hall–Kier alpha value is -3.15. The van der Waals surface area contributed by atoms with Gasteiger partial charge in [-0.3, -0.25) is 4.68 Å². The zero-order chi connectivity index (χ0) is 19.0. The van der Waals surface area contributed by atoms with Crippen molar-refractivity contribution in [2.75, 3.05) is 18.0 Å². The minimum atomic E-state index is -0.952. The van der Waals surface area contributed by atoms with Crippen LogP contribution in [0.2, 0.25) is 0 Å². The van der Waals surface area contributed by atoms with Crippen molar-refractivity contribution in [3.63, 3.8) is 0 Å². The molecule has 1 atom stereocenters. The van der Waals surface area contributed by atoms with E-state index in [9.17, 15) is 9.90 Å². The molecule has 1 aliphatic heterocycles. The van der Waals surface area contributed by atoms with E-state index in [1.165, 1.54) is 0 Å². The van der Waals surface area contributed by atoms with Crippen LogP contribution in [-0.4, -0.2) is 38.9 Å². The van der Waals surface area contributed by atoms with Crippen molar-refractivity contribution in [1.82, 2.24) is 14.8 Å². The van der Waals surface area contributed by atoms with E-state index in [2.05, 4.69) is 27.7 Å². The smallest absolute Gasteiger partial charge is 0.339 e. The van der Waals surface area contributed by atoms with E-state index in [1.54, 1.807) is 12.1 Å². The highest BCUT2D eigenvalue weighted by molar-refractivity contribution is 5.94. The molecule has 3 heterocycles. The Bertz CT molecular complexity index is 981. The van der Waals surface area contributed by atoms with E-state index in [0.717, 1.165) is 35.6 Å². The van der Waals surface area contributed by atoms with Crippen LogP contribution < -0.4 is 4.90 Å². The molecule has 1 saturated heterocycles. The molecule has 0 radical (unpaired) electrons. The summed E-state index contributed by atoms with van der Waals surface area (Å²) < 4.78 is 2.05. The van der Waals surface area contributed by atoms with Gasteiger partial charge in [-0.15, -0.1) is 0 Å². The molecule has 138 valence electrons. The van der Waals surface area contributed by atoms with Crippen molar-refractivity contribution in [2.24, 2.45) is 0 Å². The lowest BCUT2D eigenvalue weighted by molar-refractivity contribution is 0.0697. The fourth-order valence-corrected chi connectivity index (χ4v) is 3.78. The average molecular weight is 362 g/mol. The van der Waals surface area contributed by atoms with Gasteiger partial charge in [-0.05, 0) is 38.5 Å². The van der Waals surface area contributed by atoms with E-state index >= 15 is 0 Å². The predicted molar refractivity (Wildman–Crippen MR) is 104 cm³/mol. The van der Waals surface area contributed by atoms with Crippen molar-refractivity contribution in [2.45, 2.75) is 26.3 Å². The van der Waals surface area contributed by atoms with Crippen LogP contribution >= 0.6 is 0 Å². The Kier molecular flexibility index (Phi) is 4.39. The number of nitrogens with zero attached hydrogens (tertiary/aromatic N) is 4. The molecule has 1 fully saturated rings. The van der Waals surface area contributed by atoms with Crippen LogP contribution in [0.3, 0.4) is 0 Å². The maximum atomic E-state index is 11.8. The summed E-state index contributed by atoms with van der Waals surface area (Å²) >= 11 is 0. The molecule has 0 bridgehead atoms. The van der Waals surface area contributed by atoms with Gasteiger partial charge in [-0.2, -0.15) is 5.10 Å². The van der Waals surface area contributed by atoms with E-state index < -0.39 is 5.97 Å². The van der Waals surface area contributed by atoms with E-state index in [4.69, 9.17) is 4.98 Å². The molecule has 6 nitrogen and oxygen atoms in total. The summed E-state index contributed by atoms with van der Waals surface area (Å²) in [7, 11) is 0. The van der Waals surface area contributed by atoms with Crippen LogP contribution in [0.15, 0.2) is 48.5 Å². The Morgan fingerprint density at radius 2 is 1.93 bits per heavy atom. The Balaban J connectivity index is 1.68. The number of carbonyl (C=O) groups is 1. The Labute approximate surface area is 158 Å². The number of rotatable bonds is 4. The lowest BCUT2D eigenvalue weighted by atomic mass is 10.1. The van der Waals surface area contributed by atoms with E-state index in [-0.39, 0.29) is 11.6 Å². The van der Waals surface area contributed by atoms with Gasteiger partial charge in [0.15, 0.2) is 0 Å². The molecule has 6 heteroatoms. The van der Waals surface area contributed by atoms with Crippen molar-refractivity contribution in [3.05, 3.63) is 65.5 Å². The SMILES string of the molecule is Cc1cc(C)n([C@@H]2CCN(c3nc(-c4ccccc4)ccc3C(=O)O)C2)n1. The number of hydrogen-bond acceptors (Lipinski definition) is 4. The van der Waals surface area contributed by atoms with Gasteiger partial charge in [-0.25, -0.2) is 9.78 Å². The third kappa shape index (κ3) is 3.30. The monoisotopic (exact) mass is 362 g/mol. The van der Waals surface area contributed by atoms with E-state index in [0.29, 0.717) is 12.4 Å². The van der Waals surface area contributed by atoms with Crippen molar-refractivity contribution >= 4 is 11.8 Å². The van der Waals surface area contributed by atoms with Gasteiger partial charge in [0.05, 0.1) is 17.4 Å². The summed E-state index contributed by atoms with van der Waals surface area (Å²) in [4.78, 5) is 18.5. The molecular formula is C21H22N4O2. The van der Waals surface area contributed by atoms with Crippen molar-refractivity contribution in [1.29, 1.82) is 0 Å². The fraction of sp³-hybridized carbons (Fsp3) is 0.286. The summed E-state index contributed by atoms with van der Waals surface area (Å²) in [5.74, 6) is -0.417. The van der Waals surface area contributed by atoms with Crippen molar-refractivity contribution in [3.8, 4) is 11.3 Å². The van der Waals surface area contributed by atoms with Gasteiger partial charge >= 0.3 is 5.97 Å². The molecule has 27 heavy (non-hydrogen) atoms. The predicted octanol–water partition coefficient (Wildman–Crippen LogP) is 3.71. The molecule has 0 unspecified atom stereocenters. The lowest BCUT2D eigenvalue weighted by Crippen LogP contribution is -2.25. The van der Waals surface area contributed by atoms with Gasteiger partial charge < -0.3 is 10.0 Å². The number of aryl methyl sites for hydroxylation is 2. The van der Waals surface area contributed by atoms with Crippen molar-refractivity contribution < 1.29 is 9.90 Å². The minimum absolute atomic E-state index is 0.225. The number of carboxylic acid groups (broad SMARTS) is 1. The molecule has 1 N–H and O–H groups in total. The fourth-order valence-electron chi connectivity index (χ4n) is 3.78. The van der Waals surface area contributed by atoms with Crippen LogP contribution in [0.25, 0.3) is 11.3 Å². The first-order valence-corrected chi connectivity index (χ1v) is 9.10. The number of benzene rings is 1. The van der Waals surface area contributed by atoms with Gasteiger partial charge in [-0.1, -0.05) is 30.3 Å². The highest BCUT2D eigenvalue weighted by Gasteiger charge is 2.29.